The highest BCUT2D eigenvalue weighted by Gasteiger charge is 2.17. The molecule has 0 spiro atoms. The first-order chi connectivity index (χ1) is 6.00. The van der Waals surface area contributed by atoms with Crippen molar-refractivity contribution in [2.24, 2.45) is 7.05 Å². The Hall–Kier alpha value is -0.680. The molecule has 1 heterocycles. The standard InChI is InChI=1S/C8H12N2OS2/c1-9(2)6-7(13)5(4-12)10(3)8(6)11/h4,11,13H,1-3H3. The Balaban J connectivity index is 3.45. The van der Waals surface area contributed by atoms with E-state index in [2.05, 4.69) is 12.6 Å². The molecule has 1 aromatic heterocycles. The van der Waals surface area contributed by atoms with Gasteiger partial charge in [0.25, 0.3) is 0 Å². The number of aromatic hydroxyl groups is 1. The molecule has 0 aromatic carbocycles. The van der Waals surface area contributed by atoms with E-state index in [1.807, 2.05) is 14.1 Å². The third-order valence-corrected chi connectivity index (χ3v) is 2.58. The first kappa shape index (κ1) is 10.4. The van der Waals surface area contributed by atoms with Crippen molar-refractivity contribution in [3.8, 4) is 5.88 Å². The number of hydrogen-bond acceptors (Lipinski definition) is 4. The monoisotopic (exact) mass is 216 g/mol. The fraction of sp³-hybridized carbons (Fsp3) is 0.375. The van der Waals surface area contributed by atoms with E-state index >= 15 is 0 Å². The fourth-order valence-electron chi connectivity index (χ4n) is 1.21. The first-order valence-electron chi connectivity index (χ1n) is 3.73. The molecule has 0 saturated heterocycles. The summed E-state index contributed by atoms with van der Waals surface area (Å²) in [6.45, 7) is 0. The van der Waals surface area contributed by atoms with E-state index in [1.54, 1.807) is 16.5 Å². The average molecular weight is 216 g/mol. The molecule has 0 bridgehead atoms. The van der Waals surface area contributed by atoms with Crippen LogP contribution in [0.1, 0.15) is 5.69 Å². The number of rotatable bonds is 2. The van der Waals surface area contributed by atoms with Crippen molar-refractivity contribution in [1.29, 1.82) is 0 Å². The fourth-order valence-corrected chi connectivity index (χ4v) is 2.08. The molecule has 0 radical (unpaired) electrons. The van der Waals surface area contributed by atoms with Gasteiger partial charge in [0, 0.05) is 26.5 Å². The van der Waals surface area contributed by atoms with Gasteiger partial charge in [-0.2, -0.15) is 0 Å². The summed E-state index contributed by atoms with van der Waals surface area (Å²) in [5.41, 5.74) is 1.45. The van der Waals surface area contributed by atoms with Gasteiger partial charge in [0.1, 0.15) is 5.69 Å². The van der Waals surface area contributed by atoms with Crippen LogP contribution in [0.3, 0.4) is 0 Å². The number of aromatic nitrogens is 1. The summed E-state index contributed by atoms with van der Waals surface area (Å²) >= 11 is 9.13. The van der Waals surface area contributed by atoms with Gasteiger partial charge < -0.3 is 14.6 Å². The summed E-state index contributed by atoms with van der Waals surface area (Å²) in [4.78, 5) is 2.51. The Bertz CT molecular complexity index is 344. The Morgan fingerprint density at radius 1 is 1.54 bits per heavy atom. The zero-order valence-electron chi connectivity index (χ0n) is 7.77. The van der Waals surface area contributed by atoms with Gasteiger partial charge in [0.2, 0.25) is 5.88 Å². The maximum atomic E-state index is 9.71. The van der Waals surface area contributed by atoms with Gasteiger partial charge in [-0.15, -0.1) is 12.6 Å². The second-order valence-electron chi connectivity index (χ2n) is 2.98. The molecular formula is C8H12N2OS2. The van der Waals surface area contributed by atoms with Gasteiger partial charge in [0.15, 0.2) is 0 Å². The highest BCUT2D eigenvalue weighted by molar-refractivity contribution is 7.81. The van der Waals surface area contributed by atoms with Gasteiger partial charge in [-0.05, 0) is 0 Å². The molecule has 72 valence electrons. The molecule has 0 atom stereocenters. The maximum absolute atomic E-state index is 9.71. The predicted molar refractivity (Wildman–Crippen MR) is 61.4 cm³/mol. The molecule has 1 aromatic rings. The second kappa shape index (κ2) is 3.59. The smallest absolute Gasteiger partial charge is 0.216 e. The van der Waals surface area contributed by atoms with Crippen molar-refractivity contribution in [2.75, 3.05) is 19.0 Å². The van der Waals surface area contributed by atoms with E-state index in [9.17, 15) is 5.11 Å². The summed E-state index contributed by atoms with van der Waals surface area (Å²) < 4.78 is 1.62. The van der Waals surface area contributed by atoms with Gasteiger partial charge >= 0.3 is 0 Å². The predicted octanol–water partition coefficient (Wildman–Crippen LogP) is 1.43. The van der Waals surface area contributed by atoms with Crippen LogP contribution < -0.4 is 4.90 Å². The molecule has 1 N–H and O–H groups in total. The van der Waals surface area contributed by atoms with E-state index in [-0.39, 0.29) is 5.88 Å². The largest absolute Gasteiger partial charge is 0.493 e. The second-order valence-corrected chi connectivity index (χ2v) is 3.66. The quantitative estimate of drug-likeness (QED) is 0.579. The lowest BCUT2D eigenvalue weighted by molar-refractivity contribution is 0.432. The van der Waals surface area contributed by atoms with Crippen LogP contribution in [0.5, 0.6) is 5.88 Å². The number of anilines is 1. The Morgan fingerprint density at radius 2 is 2.08 bits per heavy atom. The lowest BCUT2D eigenvalue weighted by Crippen LogP contribution is -2.08. The van der Waals surface area contributed by atoms with Crippen LogP contribution in [0.25, 0.3) is 0 Å². The number of hydrogen-bond donors (Lipinski definition) is 2. The summed E-state index contributed by atoms with van der Waals surface area (Å²) in [7, 11) is 5.45. The van der Waals surface area contributed by atoms with Gasteiger partial charge in [-0.25, -0.2) is 0 Å². The van der Waals surface area contributed by atoms with Crippen LogP contribution >= 0.6 is 24.8 Å². The van der Waals surface area contributed by atoms with Crippen molar-refractivity contribution in [3.05, 3.63) is 5.69 Å². The summed E-state index contributed by atoms with van der Waals surface area (Å²) in [6, 6.07) is 0. The number of nitrogens with zero attached hydrogens (tertiary/aromatic N) is 2. The normalized spacial score (nSPS) is 10.2. The third kappa shape index (κ3) is 1.53. The van der Waals surface area contributed by atoms with Crippen molar-refractivity contribution >= 4 is 35.9 Å². The molecule has 0 aliphatic heterocycles. The zero-order chi connectivity index (χ0) is 10.2. The molecule has 0 amide bonds. The highest BCUT2D eigenvalue weighted by atomic mass is 32.1. The van der Waals surface area contributed by atoms with Crippen LogP contribution in [0.15, 0.2) is 4.90 Å². The van der Waals surface area contributed by atoms with E-state index in [1.165, 1.54) is 5.37 Å². The lowest BCUT2D eigenvalue weighted by atomic mass is 10.4. The van der Waals surface area contributed by atoms with Crippen molar-refractivity contribution < 1.29 is 5.11 Å². The molecule has 0 fully saturated rings. The lowest BCUT2D eigenvalue weighted by Gasteiger charge is -2.11. The van der Waals surface area contributed by atoms with E-state index in [0.717, 1.165) is 5.69 Å². The summed E-state index contributed by atoms with van der Waals surface area (Å²) in [6.07, 6.45) is 0. The van der Waals surface area contributed by atoms with Crippen molar-refractivity contribution in [1.82, 2.24) is 4.57 Å². The van der Waals surface area contributed by atoms with Crippen LogP contribution in [-0.2, 0) is 7.05 Å². The molecule has 5 heteroatoms. The molecular weight excluding hydrogens is 204 g/mol. The molecule has 3 nitrogen and oxygen atoms in total. The molecule has 0 unspecified atom stereocenters. The summed E-state index contributed by atoms with van der Waals surface area (Å²) in [5.74, 6) is 0.186. The van der Waals surface area contributed by atoms with Crippen LogP contribution in [0.4, 0.5) is 5.69 Å². The van der Waals surface area contributed by atoms with Crippen LogP contribution in [-0.4, -0.2) is 29.1 Å². The first-order valence-corrected chi connectivity index (χ1v) is 4.65. The molecule has 1 rings (SSSR count). The third-order valence-electron chi connectivity index (χ3n) is 1.92. The van der Waals surface area contributed by atoms with Crippen molar-refractivity contribution in [3.63, 3.8) is 0 Å². The Kier molecular flexibility index (Phi) is 2.87. The topological polar surface area (TPSA) is 28.4 Å². The molecule has 0 saturated carbocycles. The minimum absolute atomic E-state index is 0.186. The minimum atomic E-state index is 0.186. The highest BCUT2D eigenvalue weighted by Crippen LogP contribution is 2.36. The molecule has 13 heavy (non-hydrogen) atoms. The van der Waals surface area contributed by atoms with E-state index < -0.39 is 0 Å². The zero-order valence-corrected chi connectivity index (χ0v) is 9.49. The average Bonchev–Trinajstić information content (AvgIpc) is 2.24. The Labute approximate surface area is 88.4 Å². The number of thiocarbonyl (C=S) groups is 1. The van der Waals surface area contributed by atoms with Crippen molar-refractivity contribution in [2.45, 2.75) is 4.90 Å². The van der Waals surface area contributed by atoms with Gasteiger partial charge in [-0.1, -0.05) is 12.2 Å². The molecule has 0 aliphatic carbocycles. The van der Waals surface area contributed by atoms with Gasteiger partial charge in [0.05, 0.1) is 10.6 Å². The van der Waals surface area contributed by atoms with Crippen LogP contribution in [0.2, 0.25) is 0 Å². The van der Waals surface area contributed by atoms with E-state index in [4.69, 9.17) is 12.2 Å². The van der Waals surface area contributed by atoms with Crippen LogP contribution in [0, 0.1) is 0 Å². The SMILES string of the molecule is CN(C)c1c(S)c(C=S)n(C)c1O. The van der Waals surface area contributed by atoms with E-state index in [0.29, 0.717) is 10.6 Å². The Morgan fingerprint density at radius 3 is 2.31 bits per heavy atom. The number of thiol groups is 1. The van der Waals surface area contributed by atoms with Gasteiger partial charge in [-0.3, -0.25) is 0 Å². The molecule has 0 aliphatic rings. The minimum Gasteiger partial charge on any atom is -0.493 e. The maximum Gasteiger partial charge on any atom is 0.216 e. The summed E-state index contributed by atoms with van der Waals surface area (Å²) in [5, 5.41) is 11.2.